The van der Waals surface area contributed by atoms with Crippen molar-refractivity contribution in [3.8, 4) is 0 Å². The topological polar surface area (TPSA) is 71.1 Å². The molecule has 0 aliphatic carbocycles. The lowest BCUT2D eigenvalue weighted by molar-refractivity contribution is -0.178. The Kier molecular flexibility index (Phi) is 8.83. The van der Waals surface area contributed by atoms with Gasteiger partial charge in [0.25, 0.3) is 0 Å². The molecule has 2 unspecified atom stereocenters. The number of esters is 2. The second-order valence-corrected chi connectivity index (χ2v) is 4.71. The van der Waals surface area contributed by atoms with E-state index in [4.69, 9.17) is 18.9 Å². The molecule has 0 rings (SSSR count). The molecule has 0 heterocycles. The SMILES string of the molecule is CC(C)OC(C)OC(=O)/C=C/C(=O)OC(C)OC(C)C. The lowest BCUT2D eigenvalue weighted by Crippen LogP contribution is -2.21. The largest absolute Gasteiger partial charge is 0.433 e. The molecule has 0 aliphatic rings. The first-order chi connectivity index (χ1) is 9.20. The average Bonchev–Trinajstić information content (AvgIpc) is 2.23. The van der Waals surface area contributed by atoms with Gasteiger partial charge in [-0.25, -0.2) is 9.59 Å². The van der Waals surface area contributed by atoms with E-state index < -0.39 is 24.5 Å². The van der Waals surface area contributed by atoms with Crippen LogP contribution in [0, 0.1) is 0 Å². The maximum absolute atomic E-state index is 11.4. The number of ether oxygens (including phenoxy) is 4. The highest BCUT2D eigenvalue weighted by atomic mass is 16.7. The Balaban J connectivity index is 4.08. The van der Waals surface area contributed by atoms with Crippen molar-refractivity contribution in [1.82, 2.24) is 0 Å². The van der Waals surface area contributed by atoms with Crippen LogP contribution in [0.5, 0.6) is 0 Å². The summed E-state index contributed by atoms with van der Waals surface area (Å²) in [5, 5.41) is 0. The van der Waals surface area contributed by atoms with Gasteiger partial charge in [0.15, 0.2) is 0 Å². The number of hydrogen-bond donors (Lipinski definition) is 0. The Morgan fingerprint density at radius 3 is 1.25 bits per heavy atom. The second-order valence-electron chi connectivity index (χ2n) is 4.71. The molecule has 0 aromatic carbocycles. The van der Waals surface area contributed by atoms with Crippen LogP contribution in [0.2, 0.25) is 0 Å². The maximum atomic E-state index is 11.4. The number of hydrogen-bond acceptors (Lipinski definition) is 6. The van der Waals surface area contributed by atoms with Gasteiger partial charge in [0.1, 0.15) is 0 Å². The molecule has 0 saturated carbocycles. The van der Waals surface area contributed by atoms with E-state index in [1.165, 1.54) is 0 Å². The van der Waals surface area contributed by atoms with Gasteiger partial charge in [-0.3, -0.25) is 0 Å². The molecule has 0 spiro atoms. The van der Waals surface area contributed by atoms with Crippen molar-refractivity contribution < 1.29 is 28.5 Å². The van der Waals surface area contributed by atoms with Crippen LogP contribution in [0.1, 0.15) is 41.5 Å². The van der Waals surface area contributed by atoms with Crippen molar-refractivity contribution >= 4 is 11.9 Å². The lowest BCUT2D eigenvalue weighted by atomic mass is 10.4. The predicted molar refractivity (Wildman–Crippen MR) is 72.7 cm³/mol. The van der Waals surface area contributed by atoms with Crippen molar-refractivity contribution in [3.05, 3.63) is 12.2 Å². The van der Waals surface area contributed by atoms with Crippen LogP contribution >= 0.6 is 0 Å². The van der Waals surface area contributed by atoms with E-state index in [1.54, 1.807) is 13.8 Å². The van der Waals surface area contributed by atoms with Crippen LogP contribution in [0.4, 0.5) is 0 Å². The van der Waals surface area contributed by atoms with E-state index in [-0.39, 0.29) is 12.2 Å². The Labute approximate surface area is 120 Å². The predicted octanol–water partition coefficient (Wildman–Crippen LogP) is 2.17. The van der Waals surface area contributed by atoms with E-state index in [0.717, 1.165) is 12.2 Å². The first kappa shape index (κ1) is 18.6. The van der Waals surface area contributed by atoms with Gasteiger partial charge >= 0.3 is 11.9 Å². The molecule has 6 nitrogen and oxygen atoms in total. The van der Waals surface area contributed by atoms with Gasteiger partial charge in [-0.1, -0.05) is 0 Å². The van der Waals surface area contributed by atoms with Crippen molar-refractivity contribution in [2.75, 3.05) is 0 Å². The summed E-state index contributed by atoms with van der Waals surface area (Å²) in [4.78, 5) is 22.7. The summed E-state index contributed by atoms with van der Waals surface area (Å²) < 4.78 is 20.2. The van der Waals surface area contributed by atoms with Crippen LogP contribution in [0.15, 0.2) is 12.2 Å². The van der Waals surface area contributed by atoms with Crippen LogP contribution < -0.4 is 0 Å². The first-order valence-corrected chi connectivity index (χ1v) is 6.61. The standard InChI is InChI=1S/C14H24O6/c1-9(2)17-11(5)19-13(15)7-8-14(16)20-12(6)18-10(3)4/h7-12H,1-6H3/b8-7+. The molecule has 0 bridgehead atoms. The zero-order chi connectivity index (χ0) is 15.7. The molecule has 0 fully saturated rings. The summed E-state index contributed by atoms with van der Waals surface area (Å²) in [6.07, 6.45) is 0.522. The fourth-order valence-electron chi connectivity index (χ4n) is 1.36. The summed E-state index contributed by atoms with van der Waals surface area (Å²) in [7, 11) is 0. The van der Waals surface area contributed by atoms with E-state index in [1.807, 2.05) is 27.7 Å². The average molecular weight is 288 g/mol. The van der Waals surface area contributed by atoms with Gasteiger partial charge in [-0.05, 0) is 41.5 Å². The molecule has 0 N–H and O–H groups in total. The van der Waals surface area contributed by atoms with E-state index >= 15 is 0 Å². The minimum absolute atomic E-state index is 0.0548. The maximum Gasteiger partial charge on any atom is 0.333 e. The zero-order valence-corrected chi connectivity index (χ0v) is 12.9. The van der Waals surface area contributed by atoms with Crippen molar-refractivity contribution in [1.29, 1.82) is 0 Å². The minimum atomic E-state index is -0.675. The third kappa shape index (κ3) is 10.5. The number of rotatable bonds is 8. The minimum Gasteiger partial charge on any atom is -0.433 e. The molecular weight excluding hydrogens is 264 g/mol. The number of carbonyl (C=O) groups excluding carboxylic acids is 2. The monoisotopic (exact) mass is 288 g/mol. The molecule has 2 atom stereocenters. The summed E-state index contributed by atoms with van der Waals surface area (Å²) in [6.45, 7) is 10.5. The zero-order valence-electron chi connectivity index (χ0n) is 12.9. The Morgan fingerprint density at radius 1 is 0.700 bits per heavy atom. The smallest absolute Gasteiger partial charge is 0.333 e. The third-order valence-electron chi connectivity index (χ3n) is 1.85. The van der Waals surface area contributed by atoms with Crippen molar-refractivity contribution in [2.45, 2.75) is 66.3 Å². The lowest BCUT2D eigenvalue weighted by Gasteiger charge is -2.16. The Morgan fingerprint density at radius 2 is 1.00 bits per heavy atom. The van der Waals surface area contributed by atoms with Gasteiger partial charge in [0.2, 0.25) is 12.6 Å². The highest BCUT2D eigenvalue weighted by Gasteiger charge is 2.11. The molecular formula is C14H24O6. The third-order valence-corrected chi connectivity index (χ3v) is 1.85. The molecule has 0 amide bonds. The van der Waals surface area contributed by atoms with Gasteiger partial charge in [0.05, 0.1) is 12.2 Å². The van der Waals surface area contributed by atoms with E-state index in [2.05, 4.69) is 0 Å². The highest BCUT2D eigenvalue weighted by molar-refractivity contribution is 5.91. The quantitative estimate of drug-likeness (QED) is 0.387. The molecule has 0 saturated heterocycles. The fourth-order valence-corrected chi connectivity index (χ4v) is 1.36. The second kappa shape index (κ2) is 9.50. The van der Waals surface area contributed by atoms with E-state index in [0.29, 0.717) is 0 Å². The summed E-state index contributed by atoms with van der Waals surface area (Å²) in [6, 6.07) is 0. The summed E-state index contributed by atoms with van der Waals surface area (Å²) in [5.74, 6) is -1.35. The molecule has 6 heteroatoms. The summed E-state index contributed by atoms with van der Waals surface area (Å²) in [5.41, 5.74) is 0. The van der Waals surface area contributed by atoms with Gasteiger partial charge in [0, 0.05) is 12.2 Å². The van der Waals surface area contributed by atoms with E-state index in [9.17, 15) is 9.59 Å². The Bertz CT molecular complexity index is 303. The van der Waals surface area contributed by atoms with Gasteiger partial charge in [-0.2, -0.15) is 0 Å². The number of carbonyl (C=O) groups is 2. The molecule has 116 valence electrons. The van der Waals surface area contributed by atoms with Crippen molar-refractivity contribution in [2.24, 2.45) is 0 Å². The Hall–Kier alpha value is -1.40. The normalized spacial score (nSPS) is 14.6. The van der Waals surface area contributed by atoms with Gasteiger partial charge < -0.3 is 18.9 Å². The van der Waals surface area contributed by atoms with Crippen LogP contribution in [0.3, 0.4) is 0 Å². The van der Waals surface area contributed by atoms with Crippen LogP contribution in [-0.2, 0) is 28.5 Å². The molecule has 0 radical (unpaired) electrons. The van der Waals surface area contributed by atoms with Crippen molar-refractivity contribution in [3.63, 3.8) is 0 Å². The first-order valence-electron chi connectivity index (χ1n) is 6.61. The highest BCUT2D eigenvalue weighted by Crippen LogP contribution is 2.02. The fraction of sp³-hybridized carbons (Fsp3) is 0.714. The summed E-state index contributed by atoms with van der Waals surface area (Å²) >= 11 is 0. The van der Waals surface area contributed by atoms with Gasteiger partial charge in [-0.15, -0.1) is 0 Å². The van der Waals surface area contributed by atoms with Crippen LogP contribution in [0.25, 0.3) is 0 Å². The molecule has 0 aromatic heterocycles. The molecule has 20 heavy (non-hydrogen) atoms. The molecule has 0 aromatic rings. The molecule has 0 aliphatic heterocycles. The van der Waals surface area contributed by atoms with Crippen LogP contribution in [-0.4, -0.2) is 36.7 Å².